The van der Waals surface area contributed by atoms with Crippen molar-refractivity contribution in [2.75, 3.05) is 13.1 Å². The molecule has 1 aliphatic carbocycles. The van der Waals surface area contributed by atoms with Gasteiger partial charge in [0.15, 0.2) is 0 Å². The smallest absolute Gasteiger partial charge is 0.0507 e. The lowest BCUT2D eigenvalue weighted by Crippen LogP contribution is -2.24. The zero-order valence-electron chi connectivity index (χ0n) is 14.0. The Hall–Kier alpha value is -1.12. The molecule has 3 rings (SSSR count). The molecule has 0 atom stereocenters. The Balaban J connectivity index is 1.46. The maximum atomic E-state index is 3.83. The van der Waals surface area contributed by atoms with E-state index in [1.54, 1.807) is 0 Å². The zero-order chi connectivity index (χ0) is 16.1. The number of nitrogens with zero attached hydrogens (tertiary/aromatic N) is 1. The Bertz CT molecular complexity index is 601. The summed E-state index contributed by atoms with van der Waals surface area (Å²) in [6, 6.07) is 20.0. The summed E-state index contributed by atoms with van der Waals surface area (Å²) in [5.41, 5.74) is 4.31. The summed E-state index contributed by atoms with van der Waals surface area (Å²) in [7, 11) is 0. The summed E-state index contributed by atoms with van der Waals surface area (Å²) in [6.07, 6.45) is 4.94. The first-order chi connectivity index (χ1) is 11.2. The monoisotopic (exact) mass is 371 g/mol. The van der Waals surface area contributed by atoms with Gasteiger partial charge in [0.2, 0.25) is 0 Å². The summed E-state index contributed by atoms with van der Waals surface area (Å²) in [4.78, 5) is 2.53. The van der Waals surface area contributed by atoms with Crippen molar-refractivity contribution in [3.8, 4) is 0 Å². The molecule has 2 heteroatoms. The second-order valence-corrected chi connectivity index (χ2v) is 8.14. The minimum Gasteiger partial charge on any atom is -0.299 e. The largest absolute Gasteiger partial charge is 0.299 e. The summed E-state index contributed by atoms with van der Waals surface area (Å²) in [5, 5.41) is 0. The van der Waals surface area contributed by atoms with Gasteiger partial charge >= 0.3 is 0 Å². The number of alkyl halides is 1. The third-order valence-corrected chi connectivity index (χ3v) is 6.05. The van der Waals surface area contributed by atoms with Gasteiger partial charge in [0.05, 0.1) is 4.32 Å². The van der Waals surface area contributed by atoms with Crippen molar-refractivity contribution in [1.29, 1.82) is 0 Å². The van der Waals surface area contributed by atoms with Gasteiger partial charge in [-0.2, -0.15) is 0 Å². The van der Waals surface area contributed by atoms with Gasteiger partial charge in [-0.25, -0.2) is 0 Å². The Morgan fingerprint density at radius 1 is 0.957 bits per heavy atom. The molecule has 0 aliphatic heterocycles. The lowest BCUT2D eigenvalue weighted by molar-refractivity contribution is 0.276. The molecule has 1 fully saturated rings. The van der Waals surface area contributed by atoms with Crippen LogP contribution in [0.15, 0.2) is 54.6 Å². The van der Waals surface area contributed by atoms with Crippen LogP contribution in [0.2, 0.25) is 0 Å². The molecule has 2 aromatic carbocycles. The van der Waals surface area contributed by atoms with E-state index in [9.17, 15) is 0 Å². The van der Waals surface area contributed by atoms with E-state index in [0.717, 1.165) is 19.6 Å². The maximum Gasteiger partial charge on any atom is 0.0507 e. The first-order valence-electron chi connectivity index (χ1n) is 8.74. The highest BCUT2D eigenvalue weighted by Gasteiger charge is 2.41. The first kappa shape index (κ1) is 16.7. The lowest BCUT2D eigenvalue weighted by atomic mass is 10.0. The van der Waals surface area contributed by atoms with Crippen LogP contribution in [0, 0.1) is 0 Å². The summed E-state index contributed by atoms with van der Waals surface area (Å²) in [5.74, 6) is 0. The molecule has 0 aromatic heterocycles. The van der Waals surface area contributed by atoms with Crippen molar-refractivity contribution in [1.82, 2.24) is 4.90 Å². The van der Waals surface area contributed by atoms with E-state index in [-0.39, 0.29) is 0 Å². The fraction of sp³-hybridized carbons (Fsp3) is 0.429. The Kier molecular flexibility index (Phi) is 5.55. The summed E-state index contributed by atoms with van der Waals surface area (Å²) >= 11 is 3.83. The van der Waals surface area contributed by atoms with Crippen LogP contribution in [0.25, 0.3) is 0 Å². The third-order valence-electron chi connectivity index (χ3n) is 4.80. The molecule has 0 heterocycles. The number of rotatable bonds is 8. The third kappa shape index (κ3) is 4.68. The molecule has 0 spiro atoms. The van der Waals surface area contributed by atoms with Crippen molar-refractivity contribution in [3.05, 3.63) is 71.3 Å². The van der Waals surface area contributed by atoms with Crippen LogP contribution in [-0.4, -0.2) is 18.0 Å². The number of aryl methyl sites for hydroxylation is 1. The maximum absolute atomic E-state index is 3.83. The fourth-order valence-corrected chi connectivity index (χ4v) is 3.53. The molecule has 122 valence electrons. The number of benzene rings is 2. The number of hydrogen-bond acceptors (Lipinski definition) is 1. The number of halogens is 1. The van der Waals surface area contributed by atoms with Crippen LogP contribution in [-0.2, 0) is 17.3 Å². The topological polar surface area (TPSA) is 3.24 Å². The summed E-state index contributed by atoms with van der Waals surface area (Å²) in [6.45, 7) is 5.58. The SMILES string of the molecule is CCN(CCCc1ccc(C2(Br)CC2)cc1)Cc1ccccc1. The average Bonchev–Trinajstić information content (AvgIpc) is 3.34. The van der Waals surface area contributed by atoms with E-state index in [4.69, 9.17) is 0 Å². The molecule has 2 aromatic rings. The van der Waals surface area contributed by atoms with E-state index < -0.39 is 0 Å². The Morgan fingerprint density at radius 2 is 1.65 bits per heavy atom. The molecular weight excluding hydrogens is 346 g/mol. The van der Waals surface area contributed by atoms with Crippen molar-refractivity contribution in [2.45, 2.75) is 43.5 Å². The van der Waals surface area contributed by atoms with Crippen LogP contribution in [0.4, 0.5) is 0 Å². The summed E-state index contributed by atoms with van der Waals surface area (Å²) < 4.78 is 0.306. The highest BCUT2D eigenvalue weighted by molar-refractivity contribution is 9.09. The molecule has 23 heavy (non-hydrogen) atoms. The zero-order valence-corrected chi connectivity index (χ0v) is 15.6. The average molecular weight is 372 g/mol. The number of hydrogen-bond donors (Lipinski definition) is 0. The molecule has 1 saturated carbocycles. The van der Waals surface area contributed by atoms with Crippen molar-refractivity contribution in [2.24, 2.45) is 0 Å². The Labute approximate surface area is 148 Å². The molecule has 1 nitrogen and oxygen atoms in total. The molecule has 1 aliphatic rings. The van der Waals surface area contributed by atoms with Crippen LogP contribution in [0.1, 0.15) is 42.9 Å². The van der Waals surface area contributed by atoms with Crippen molar-refractivity contribution >= 4 is 15.9 Å². The highest BCUT2D eigenvalue weighted by Crippen LogP contribution is 2.53. The normalized spacial score (nSPS) is 15.8. The van der Waals surface area contributed by atoms with E-state index in [0.29, 0.717) is 4.32 Å². The van der Waals surface area contributed by atoms with Gasteiger partial charge < -0.3 is 0 Å². The van der Waals surface area contributed by atoms with E-state index >= 15 is 0 Å². The van der Waals surface area contributed by atoms with Gasteiger partial charge in [0, 0.05) is 6.54 Å². The van der Waals surface area contributed by atoms with Gasteiger partial charge in [-0.3, -0.25) is 4.90 Å². The van der Waals surface area contributed by atoms with Gasteiger partial charge in [0.25, 0.3) is 0 Å². The van der Waals surface area contributed by atoms with Gasteiger partial charge in [0.1, 0.15) is 0 Å². The molecule has 0 unspecified atom stereocenters. The second-order valence-electron chi connectivity index (χ2n) is 6.62. The molecule has 0 saturated heterocycles. The van der Waals surface area contributed by atoms with Gasteiger partial charge in [-0.15, -0.1) is 0 Å². The van der Waals surface area contributed by atoms with Crippen LogP contribution in [0.5, 0.6) is 0 Å². The minimum atomic E-state index is 0.306. The van der Waals surface area contributed by atoms with Crippen LogP contribution >= 0.6 is 15.9 Å². The highest BCUT2D eigenvalue weighted by atomic mass is 79.9. The van der Waals surface area contributed by atoms with Crippen molar-refractivity contribution < 1.29 is 0 Å². The molecular formula is C21H26BrN. The van der Waals surface area contributed by atoms with Gasteiger partial charge in [-0.05, 0) is 55.5 Å². The molecule has 0 N–H and O–H groups in total. The fourth-order valence-electron chi connectivity index (χ4n) is 3.07. The van der Waals surface area contributed by atoms with Crippen molar-refractivity contribution in [3.63, 3.8) is 0 Å². The van der Waals surface area contributed by atoms with Crippen LogP contribution < -0.4 is 0 Å². The van der Waals surface area contributed by atoms with Crippen LogP contribution in [0.3, 0.4) is 0 Å². The predicted molar refractivity (Wildman–Crippen MR) is 102 cm³/mol. The molecule has 0 radical (unpaired) electrons. The molecule has 0 amide bonds. The predicted octanol–water partition coefficient (Wildman–Crippen LogP) is 5.53. The standard InChI is InChI=1S/C21H26BrN/c1-2-23(17-19-7-4-3-5-8-19)16-6-9-18-10-12-20(13-11-18)21(22)14-15-21/h3-5,7-8,10-13H,2,6,9,14-17H2,1H3. The van der Waals surface area contributed by atoms with E-state index in [2.05, 4.69) is 82.4 Å². The molecule has 0 bridgehead atoms. The lowest BCUT2D eigenvalue weighted by Gasteiger charge is -2.20. The first-order valence-corrected chi connectivity index (χ1v) is 9.53. The minimum absolute atomic E-state index is 0.306. The Morgan fingerprint density at radius 3 is 2.26 bits per heavy atom. The quantitative estimate of drug-likeness (QED) is 0.551. The van der Waals surface area contributed by atoms with E-state index in [1.165, 1.54) is 42.4 Å². The van der Waals surface area contributed by atoms with E-state index in [1.807, 2.05) is 0 Å². The van der Waals surface area contributed by atoms with Gasteiger partial charge in [-0.1, -0.05) is 77.5 Å². The second kappa shape index (κ2) is 7.63.